The Kier molecular flexibility index (Phi) is 7.51. The molecule has 0 amide bonds. The number of rotatable bonds is 9. The molecule has 0 nitrogen and oxygen atoms in total. The van der Waals surface area contributed by atoms with E-state index in [9.17, 15) is 0 Å². The highest BCUT2D eigenvalue weighted by Crippen LogP contribution is 2.52. The molecule has 1 unspecified atom stereocenters. The van der Waals surface area contributed by atoms with Gasteiger partial charge < -0.3 is 0 Å². The van der Waals surface area contributed by atoms with Crippen molar-refractivity contribution in [1.82, 2.24) is 0 Å². The normalized spacial score (nSPS) is 16.9. The van der Waals surface area contributed by atoms with Crippen LogP contribution in [0.2, 0.25) is 0 Å². The Morgan fingerprint density at radius 2 is 1.19 bits per heavy atom. The van der Waals surface area contributed by atoms with Crippen LogP contribution in [0.5, 0.6) is 0 Å². The highest BCUT2D eigenvalue weighted by molar-refractivity contribution is 4.92. The molecule has 0 aromatic heterocycles. The molecular weight excluding hydrogens is 252 g/mol. The predicted octanol–water partition coefficient (Wildman–Crippen LogP) is 7.86. The summed E-state index contributed by atoms with van der Waals surface area (Å²) < 4.78 is 0. The van der Waals surface area contributed by atoms with Crippen molar-refractivity contribution in [3.8, 4) is 0 Å². The quantitative estimate of drug-likeness (QED) is 0.406. The Hall–Kier alpha value is 0. The van der Waals surface area contributed by atoms with E-state index in [4.69, 9.17) is 0 Å². The van der Waals surface area contributed by atoms with Crippen molar-refractivity contribution in [2.24, 2.45) is 21.7 Å². The van der Waals surface area contributed by atoms with Gasteiger partial charge in [0, 0.05) is 0 Å². The molecule has 0 heterocycles. The largest absolute Gasteiger partial charge is 0.0654 e. The van der Waals surface area contributed by atoms with Crippen LogP contribution in [0.1, 0.15) is 114 Å². The van der Waals surface area contributed by atoms with E-state index in [1.54, 1.807) is 0 Å². The van der Waals surface area contributed by atoms with E-state index in [-0.39, 0.29) is 0 Å². The van der Waals surface area contributed by atoms with Crippen molar-refractivity contribution in [3.05, 3.63) is 0 Å². The van der Waals surface area contributed by atoms with E-state index < -0.39 is 0 Å². The predicted molar refractivity (Wildman–Crippen MR) is 98.8 cm³/mol. The van der Waals surface area contributed by atoms with Gasteiger partial charge in [0.2, 0.25) is 0 Å². The van der Waals surface area contributed by atoms with Crippen LogP contribution in [0, 0.1) is 21.7 Å². The first-order chi connectivity index (χ1) is 9.29. The molecular formula is C21H44. The van der Waals surface area contributed by atoms with E-state index in [0.29, 0.717) is 21.7 Å². The maximum atomic E-state index is 2.54. The Morgan fingerprint density at radius 3 is 1.57 bits per heavy atom. The van der Waals surface area contributed by atoms with E-state index in [1.165, 1.54) is 44.9 Å². The fourth-order valence-corrected chi connectivity index (χ4v) is 4.01. The van der Waals surface area contributed by atoms with Crippen LogP contribution >= 0.6 is 0 Å². The van der Waals surface area contributed by atoms with Crippen LogP contribution in [0.4, 0.5) is 0 Å². The molecule has 21 heavy (non-hydrogen) atoms. The highest BCUT2D eigenvalue weighted by atomic mass is 14.5. The van der Waals surface area contributed by atoms with E-state index in [2.05, 4.69) is 69.2 Å². The van der Waals surface area contributed by atoms with Crippen molar-refractivity contribution < 1.29 is 0 Å². The van der Waals surface area contributed by atoms with Crippen molar-refractivity contribution in [3.63, 3.8) is 0 Å². The summed E-state index contributed by atoms with van der Waals surface area (Å²) >= 11 is 0. The fourth-order valence-electron chi connectivity index (χ4n) is 4.01. The third-order valence-electron chi connectivity index (χ3n) is 5.94. The number of hydrogen-bond acceptors (Lipinski definition) is 0. The lowest BCUT2D eigenvalue weighted by atomic mass is 9.57. The van der Waals surface area contributed by atoms with Gasteiger partial charge in [-0.15, -0.1) is 0 Å². The average Bonchev–Trinajstić information content (AvgIpc) is 2.25. The topological polar surface area (TPSA) is 0 Å². The molecule has 0 bridgehead atoms. The minimum atomic E-state index is 0.442. The second-order valence-corrected chi connectivity index (χ2v) is 10.3. The van der Waals surface area contributed by atoms with Gasteiger partial charge in [-0.05, 0) is 47.3 Å². The van der Waals surface area contributed by atoms with Gasteiger partial charge in [0.15, 0.2) is 0 Å². The Labute approximate surface area is 136 Å². The first-order valence-electron chi connectivity index (χ1n) is 9.29. The lowest BCUT2D eigenvalue weighted by Crippen LogP contribution is -2.38. The molecule has 0 saturated heterocycles. The van der Waals surface area contributed by atoms with Crippen LogP contribution in [0.15, 0.2) is 0 Å². The van der Waals surface area contributed by atoms with Crippen molar-refractivity contribution in [2.75, 3.05) is 0 Å². The molecule has 0 fully saturated rings. The van der Waals surface area contributed by atoms with Gasteiger partial charge in [0.1, 0.15) is 0 Å². The SMILES string of the molecule is CCCC(C)(C)C(C)(CC)CC(C)(C)CCCC(C)(C)C. The van der Waals surface area contributed by atoms with Gasteiger partial charge in [0.25, 0.3) is 0 Å². The van der Waals surface area contributed by atoms with Gasteiger partial charge in [0.05, 0.1) is 0 Å². The maximum Gasteiger partial charge on any atom is -0.0272 e. The first kappa shape index (κ1) is 21.0. The summed E-state index contributed by atoms with van der Waals surface area (Å²) in [5, 5.41) is 0. The zero-order chi connectivity index (χ0) is 16.9. The standard InChI is InChI=1S/C21H44/c1-11-14-20(8,9)21(10,12-2)17-19(6,7)16-13-15-18(3,4)5/h11-17H2,1-10H3. The lowest BCUT2D eigenvalue weighted by molar-refractivity contribution is 0.0188. The number of hydrogen-bond donors (Lipinski definition) is 0. The van der Waals surface area contributed by atoms with E-state index >= 15 is 0 Å². The summed E-state index contributed by atoms with van der Waals surface area (Å²) in [7, 11) is 0. The van der Waals surface area contributed by atoms with Gasteiger partial charge >= 0.3 is 0 Å². The van der Waals surface area contributed by atoms with Crippen molar-refractivity contribution >= 4 is 0 Å². The first-order valence-corrected chi connectivity index (χ1v) is 9.29. The highest BCUT2D eigenvalue weighted by Gasteiger charge is 2.42. The molecule has 0 radical (unpaired) electrons. The van der Waals surface area contributed by atoms with Gasteiger partial charge in [-0.2, -0.15) is 0 Å². The van der Waals surface area contributed by atoms with Crippen molar-refractivity contribution in [2.45, 2.75) is 114 Å². The maximum absolute atomic E-state index is 2.54. The smallest absolute Gasteiger partial charge is 0.0272 e. The van der Waals surface area contributed by atoms with Crippen LogP contribution in [0.25, 0.3) is 0 Å². The Bertz CT molecular complexity index is 290. The Balaban J connectivity index is 4.78. The Morgan fingerprint density at radius 1 is 0.667 bits per heavy atom. The second kappa shape index (κ2) is 7.51. The summed E-state index contributed by atoms with van der Waals surface area (Å²) in [6.07, 6.45) is 9.36. The van der Waals surface area contributed by atoms with Crippen LogP contribution in [-0.4, -0.2) is 0 Å². The molecule has 0 spiro atoms. The third kappa shape index (κ3) is 7.20. The molecule has 128 valence electrons. The summed E-state index contributed by atoms with van der Waals surface area (Å²) in [6.45, 7) is 24.3. The third-order valence-corrected chi connectivity index (χ3v) is 5.94. The average molecular weight is 297 g/mol. The van der Waals surface area contributed by atoms with Crippen LogP contribution in [-0.2, 0) is 0 Å². The molecule has 0 heteroatoms. The molecule has 0 aromatic rings. The van der Waals surface area contributed by atoms with Gasteiger partial charge in [-0.3, -0.25) is 0 Å². The summed E-state index contributed by atoms with van der Waals surface area (Å²) in [5.41, 5.74) is 1.83. The lowest BCUT2D eigenvalue weighted by Gasteiger charge is -2.48. The zero-order valence-electron chi connectivity index (χ0n) is 16.9. The van der Waals surface area contributed by atoms with Crippen molar-refractivity contribution in [1.29, 1.82) is 0 Å². The van der Waals surface area contributed by atoms with E-state index in [1.807, 2.05) is 0 Å². The molecule has 0 saturated carbocycles. The fraction of sp³-hybridized carbons (Fsp3) is 1.00. The van der Waals surface area contributed by atoms with Gasteiger partial charge in [-0.1, -0.05) is 88.5 Å². The van der Waals surface area contributed by atoms with Gasteiger partial charge in [-0.25, -0.2) is 0 Å². The van der Waals surface area contributed by atoms with E-state index in [0.717, 1.165) is 0 Å². The molecule has 0 aliphatic heterocycles. The molecule has 0 N–H and O–H groups in total. The summed E-state index contributed by atoms with van der Waals surface area (Å²) in [4.78, 5) is 0. The monoisotopic (exact) mass is 296 g/mol. The summed E-state index contributed by atoms with van der Waals surface area (Å²) in [5.74, 6) is 0. The molecule has 1 atom stereocenters. The zero-order valence-corrected chi connectivity index (χ0v) is 16.9. The minimum absolute atomic E-state index is 0.442. The minimum Gasteiger partial charge on any atom is -0.0654 e. The molecule has 0 aliphatic rings. The van der Waals surface area contributed by atoms with Crippen LogP contribution in [0.3, 0.4) is 0 Å². The molecule has 0 aliphatic carbocycles. The summed E-state index contributed by atoms with van der Waals surface area (Å²) in [6, 6.07) is 0. The molecule has 0 rings (SSSR count). The molecule has 0 aromatic carbocycles. The second-order valence-electron chi connectivity index (χ2n) is 10.3. The van der Waals surface area contributed by atoms with Crippen LogP contribution < -0.4 is 0 Å².